The largest absolute Gasteiger partial charge is 0.294 e. The summed E-state index contributed by atoms with van der Waals surface area (Å²) in [5.74, 6) is 0.312. The number of aryl methyl sites for hydroxylation is 4. The summed E-state index contributed by atoms with van der Waals surface area (Å²) in [4.78, 5) is 24.0. The Bertz CT molecular complexity index is 1700. The lowest BCUT2D eigenvalue weighted by molar-refractivity contribution is 0.0946. The van der Waals surface area contributed by atoms with Crippen LogP contribution in [-0.2, 0) is 17.3 Å². The van der Waals surface area contributed by atoms with Crippen molar-refractivity contribution in [3.63, 3.8) is 0 Å². The van der Waals surface area contributed by atoms with Gasteiger partial charge in [-0.15, -0.1) is 45.3 Å². The minimum absolute atomic E-state index is 0.0292. The van der Waals surface area contributed by atoms with Crippen LogP contribution < -0.4 is 0 Å². The average Bonchev–Trinajstić information content (AvgIpc) is 3.74. The van der Waals surface area contributed by atoms with E-state index in [2.05, 4.69) is 107 Å². The van der Waals surface area contributed by atoms with Gasteiger partial charge in [0, 0.05) is 50.5 Å². The van der Waals surface area contributed by atoms with Gasteiger partial charge >= 0.3 is 0 Å². The van der Waals surface area contributed by atoms with Crippen molar-refractivity contribution >= 4 is 51.1 Å². The summed E-state index contributed by atoms with van der Waals surface area (Å²) in [5, 5.41) is 0. The molecule has 0 fully saturated rings. The van der Waals surface area contributed by atoms with Gasteiger partial charge in [-0.1, -0.05) is 25.1 Å². The first-order valence-corrected chi connectivity index (χ1v) is 16.7. The molecular weight excluding hydrogens is 553 g/mol. The van der Waals surface area contributed by atoms with Crippen LogP contribution in [-0.4, -0.2) is 5.78 Å². The fourth-order valence-electron chi connectivity index (χ4n) is 6.50. The van der Waals surface area contributed by atoms with Crippen LogP contribution in [0.2, 0.25) is 0 Å². The van der Waals surface area contributed by atoms with Gasteiger partial charge in [0.25, 0.3) is 0 Å². The first kappa shape index (κ1) is 25.4. The molecule has 5 heteroatoms. The summed E-state index contributed by atoms with van der Waals surface area (Å²) in [7, 11) is 0. The Balaban J connectivity index is 1.65. The third kappa shape index (κ3) is 3.63. The summed E-state index contributed by atoms with van der Waals surface area (Å²) in [6, 6.07) is 22.9. The van der Waals surface area contributed by atoms with Crippen LogP contribution in [0.25, 0.3) is 0 Å². The maximum Gasteiger partial charge on any atom is 0.166 e. The molecule has 0 spiro atoms. The van der Waals surface area contributed by atoms with Gasteiger partial charge in [-0.3, -0.25) is 4.79 Å². The Kier molecular flexibility index (Phi) is 5.84. The van der Waals surface area contributed by atoms with Crippen LogP contribution in [0, 0.1) is 33.6 Å². The fraction of sp³-hybridized carbons (Fsp3) is 0.265. The molecule has 2 aliphatic carbocycles. The number of rotatable bonds is 4. The standard InChI is InChI=1S/C34H30OS4/c1-19-16-24-17-26-27(18-25(24)32(19)35)34(30-12-8-22(4)38-30,31-13-9-23(5)39-31)15-14-33(26,28-10-6-20(2)36-28)29-11-7-21(3)37-29/h6-15,17-19H,16H2,1-5H3. The van der Waals surface area contributed by atoms with Crippen LogP contribution in [0.4, 0.5) is 0 Å². The summed E-state index contributed by atoms with van der Waals surface area (Å²) in [6.07, 6.45) is 5.80. The van der Waals surface area contributed by atoms with Crippen molar-refractivity contribution in [2.45, 2.75) is 51.9 Å². The highest BCUT2D eigenvalue weighted by Crippen LogP contribution is 2.58. The van der Waals surface area contributed by atoms with Crippen LogP contribution >= 0.6 is 45.3 Å². The summed E-state index contributed by atoms with van der Waals surface area (Å²) < 4.78 is 0. The molecule has 5 aromatic rings. The number of ketones is 1. The van der Waals surface area contributed by atoms with Gasteiger partial charge in [-0.2, -0.15) is 0 Å². The average molecular weight is 583 g/mol. The van der Waals surface area contributed by atoms with Crippen molar-refractivity contribution in [1.82, 2.24) is 0 Å². The zero-order valence-corrected chi connectivity index (χ0v) is 26.0. The maximum atomic E-state index is 13.5. The van der Waals surface area contributed by atoms with E-state index < -0.39 is 5.41 Å². The van der Waals surface area contributed by atoms with Crippen LogP contribution in [0.5, 0.6) is 0 Å². The van der Waals surface area contributed by atoms with E-state index in [1.807, 2.05) is 45.3 Å². The quantitative estimate of drug-likeness (QED) is 0.193. The molecule has 1 aromatic carbocycles. The van der Waals surface area contributed by atoms with Crippen LogP contribution in [0.3, 0.4) is 0 Å². The van der Waals surface area contributed by atoms with Gasteiger partial charge in [0.2, 0.25) is 0 Å². The summed E-state index contributed by atoms with van der Waals surface area (Å²) in [6.45, 7) is 10.9. The molecule has 4 heterocycles. The predicted octanol–water partition coefficient (Wildman–Crippen LogP) is 9.78. The Hall–Kier alpha value is -2.57. The molecule has 7 rings (SSSR count). The highest BCUT2D eigenvalue weighted by molar-refractivity contribution is 7.14. The number of carbonyl (C=O) groups excluding carboxylic acids is 1. The number of Topliss-reactive ketones (excluding diaryl/α,β-unsaturated/α-hetero) is 1. The number of hydrogen-bond donors (Lipinski definition) is 0. The lowest BCUT2D eigenvalue weighted by Gasteiger charge is -2.43. The second-order valence-corrected chi connectivity index (χ2v) is 16.3. The molecule has 0 radical (unpaired) electrons. The Morgan fingerprint density at radius 3 is 1.36 bits per heavy atom. The number of carbonyl (C=O) groups is 1. The summed E-state index contributed by atoms with van der Waals surface area (Å²) in [5.41, 5.74) is 3.88. The topological polar surface area (TPSA) is 17.1 Å². The highest BCUT2D eigenvalue weighted by Gasteiger charge is 2.50. The first-order chi connectivity index (χ1) is 18.7. The van der Waals surface area contributed by atoms with Crippen LogP contribution in [0.15, 0.2) is 72.8 Å². The zero-order valence-electron chi connectivity index (χ0n) is 22.8. The zero-order chi connectivity index (χ0) is 27.1. The van der Waals surface area contributed by atoms with Gasteiger partial charge in [0.15, 0.2) is 5.78 Å². The monoisotopic (exact) mass is 582 g/mol. The van der Waals surface area contributed by atoms with E-state index in [1.54, 1.807) is 0 Å². The molecule has 1 atom stereocenters. The number of thiophene rings is 4. The molecular formula is C34H30OS4. The summed E-state index contributed by atoms with van der Waals surface area (Å²) >= 11 is 7.52. The maximum absolute atomic E-state index is 13.5. The van der Waals surface area contributed by atoms with E-state index in [-0.39, 0.29) is 17.1 Å². The van der Waals surface area contributed by atoms with E-state index in [0.29, 0.717) is 0 Å². The molecule has 1 unspecified atom stereocenters. The van der Waals surface area contributed by atoms with Gasteiger partial charge in [-0.05, 0) is 105 Å². The molecule has 39 heavy (non-hydrogen) atoms. The van der Waals surface area contributed by atoms with Gasteiger partial charge < -0.3 is 0 Å². The lowest BCUT2D eigenvalue weighted by atomic mass is 9.62. The van der Waals surface area contributed by atoms with E-state index in [0.717, 1.165) is 12.0 Å². The van der Waals surface area contributed by atoms with Crippen molar-refractivity contribution in [2.24, 2.45) is 5.92 Å². The Morgan fingerprint density at radius 2 is 1.00 bits per heavy atom. The Morgan fingerprint density at radius 1 is 0.615 bits per heavy atom. The number of fused-ring (bicyclic) bond motifs is 2. The molecule has 0 amide bonds. The SMILES string of the molecule is Cc1ccc(C2(c3ccc(C)s3)C=CC(c3ccc(C)s3)(c3ccc(C)s3)c3cc4c(cc32)CC(C)C4=O)s1. The van der Waals surface area contributed by atoms with Crippen LogP contribution in [0.1, 0.15) is 73.0 Å². The number of benzene rings is 1. The lowest BCUT2D eigenvalue weighted by Crippen LogP contribution is -2.38. The molecule has 0 saturated heterocycles. The van der Waals surface area contributed by atoms with Gasteiger partial charge in [-0.25, -0.2) is 0 Å². The van der Waals surface area contributed by atoms with Crippen molar-refractivity contribution in [2.75, 3.05) is 0 Å². The van der Waals surface area contributed by atoms with Gasteiger partial charge in [0.05, 0.1) is 10.8 Å². The predicted molar refractivity (Wildman–Crippen MR) is 169 cm³/mol. The van der Waals surface area contributed by atoms with Crippen molar-refractivity contribution in [1.29, 1.82) is 0 Å². The molecule has 0 N–H and O–H groups in total. The Labute approximate surface area is 246 Å². The number of allylic oxidation sites excluding steroid dienone is 2. The molecule has 196 valence electrons. The van der Waals surface area contributed by atoms with Crippen molar-refractivity contribution in [3.8, 4) is 0 Å². The third-order valence-electron chi connectivity index (χ3n) is 8.43. The molecule has 0 bridgehead atoms. The molecule has 0 saturated carbocycles. The van der Waals surface area contributed by atoms with E-state index in [9.17, 15) is 4.79 Å². The second-order valence-electron chi connectivity index (χ2n) is 11.1. The smallest absolute Gasteiger partial charge is 0.166 e. The van der Waals surface area contributed by atoms with E-state index in [1.165, 1.54) is 55.7 Å². The van der Waals surface area contributed by atoms with E-state index >= 15 is 0 Å². The molecule has 0 aliphatic heterocycles. The van der Waals surface area contributed by atoms with Crippen molar-refractivity contribution in [3.05, 3.63) is 134 Å². The molecule has 1 nitrogen and oxygen atoms in total. The minimum atomic E-state index is -0.434. The molecule has 2 aliphatic rings. The number of hydrogen-bond acceptors (Lipinski definition) is 5. The minimum Gasteiger partial charge on any atom is -0.294 e. The van der Waals surface area contributed by atoms with Gasteiger partial charge in [0.1, 0.15) is 0 Å². The first-order valence-electron chi connectivity index (χ1n) is 13.4. The normalized spacial score (nSPS) is 18.9. The van der Waals surface area contributed by atoms with Crippen molar-refractivity contribution < 1.29 is 4.79 Å². The third-order valence-corrected chi connectivity index (χ3v) is 13.0. The second kappa shape index (κ2) is 8.97. The van der Waals surface area contributed by atoms with E-state index in [4.69, 9.17) is 0 Å². The highest BCUT2D eigenvalue weighted by atomic mass is 32.1. The molecule has 4 aromatic heterocycles. The fourth-order valence-corrected chi connectivity index (χ4v) is 10.9.